The summed E-state index contributed by atoms with van der Waals surface area (Å²) in [5.41, 5.74) is 8.40. The van der Waals surface area contributed by atoms with Gasteiger partial charge in [0.1, 0.15) is 5.82 Å². The highest BCUT2D eigenvalue weighted by molar-refractivity contribution is 5.53. The van der Waals surface area contributed by atoms with Crippen LogP contribution in [0, 0.1) is 0 Å². The molecule has 0 radical (unpaired) electrons. The summed E-state index contributed by atoms with van der Waals surface area (Å²) in [6.07, 6.45) is 9.32. The van der Waals surface area contributed by atoms with Gasteiger partial charge in [0.15, 0.2) is 0 Å². The maximum absolute atomic E-state index is 6.03. The zero-order valence-electron chi connectivity index (χ0n) is 13.9. The number of aryl methyl sites for hydroxylation is 1. The van der Waals surface area contributed by atoms with Crippen molar-refractivity contribution in [3.05, 3.63) is 29.7 Å². The van der Waals surface area contributed by atoms with Gasteiger partial charge in [0.05, 0.1) is 18.3 Å². The van der Waals surface area contributed by atoms with Crippen LogP contribution in [0.15, 0.2) is 18.5 Å². The summed E-state index contributed by atoms with van der Waals surface area (Å²) in [4.78, 5) is 11.4. The fraction of sp³-hybridized carbons (Fsp3) is 0.588. The molecule has 3 heterocycles. The van der Waals surface area contributed by atoms with Crippen LogP contribution >= 0.6 is 0 Å². The first-order chi connectivity index (χ1) is 11.8. The molecule has 2 N–H and O–H groups in total. The molecular weight excluding hydrogens is 304 g/mol. The van der Waals surface area contributed by atoms with Crippen LogP contribution < -0.4 is 10.6 Å². The topological polar surface area (TPSA) is 82.1 Å². The van der Waals surface area contributed by atoms with Crippen molar-refractivity contribution in [3.63, 3.8) is 0 Å². The highest BCUT2D eigenvalue weighted by Crippen LogP contribution is 2.29. The summed E-state index contributed by atoms with van der Waals surface area (Å²) in [6, 6.07) is 1.94. The second-order valence-corrected chi connectivity index (χ2v) is 6.56. The highest BCUT2D eigenvalue weighted by atomic mass is 16.5. The van der Waals surface area contributed by atoms with E-state index in [4.69, 9.17) is 10.5 Å². The Labute approximate surface area is 141 Å². The number of anilines is 2. The average molecular weight is 328 g/mol. The second-order valence-electron chi connectivity index (χ2n) is 6.56. The molecule has 0 aromatic carbocycles. The van der Waals surface area contributed by atoms with Crippen molar-refractivity contribution in [3.8, 4) is 0 Å². The Bertz CT molecular complexity index is 687. The van der Waals surface area contributed by atoms with Crippen LogP contribution in [0.5, 0.6) is 0 Å². The fourth-order valence-electron chi connectivity index (χ4n) is 3.67. The summed E-state index contributed by atoms with van der Waals surface area (Å²) in [6.45, 7) is 3.28. The molecule has 1 atom stereocenters. The van der Waals surface area contributed by atoms with E-state index in [0.717, 1.165) is 57.0 Å². The normalized spacial score (nSPS) is 21.3. The SMILES string of the molecule is Nc1nc2c(c(N3CCCO[C@@H](Cn4cccn4)C3)n1)CCCC2. The molecule has 0 unspecified atom stereocenters. The van der Waals surface area contributed by atoms with E-state index in [9.17, 15) is 0 Å². The number of nitrogen functional groups attached to an aromatic ring is 1. The standard InChI is InChI=1S/C17H24N6O/c18-17-20-15-6-2-1-5-14(15)16(21-17)22-8-4-10-24-13(11-22)12-23-9-3-7-19-23/h3,7,9,13H,1-2,4-6,8,10-12H2,(H2,18,20,21)/t13-/m1/s1. The molecule has 1 fully saturated rings. The maximum atomic E-state index is 6.03. The van der Waals surface area contributed by atoms with Gasteiger partial charge >= 0.3 is 0 Å². The molecule has 0 spiro atoms. The van der Waals surface area contributed by atoms with Crippen molar-refractivity contribution in [2.45, 2.75) is 44.8 Å². The van der Waals surface area contributed by atoms with Gasteiger partial charge in [0, 0.05) is 37.7 Å². The predicted molar refractivity (Wildman–Crippen MR) is 91.9 cm³/mol. The number of ether oxygens (including phenoxy) is 1. The minimum Gasteiger partial charge on any atom is -0.374 e. The molecule has 2 aliphatic rings. The Balaban J connectivity index is 1.59. The number of hydrogen-bond acceptors (Lipinski definition) is 6. The molecule has 7 heteroatoms. The van der Waals surface area contributed by atoms with E-state index in [1.165, 1.54) is 18.4 Å². The quantitative estimate of drug-likeness (QED) is 0.918. The van der Waals surface area contributed by atoms with Gasteiger partial charge in [-0.15, -0.1) is 0 Å². The van der Waals surface area contributed by atoms with Crippen molar-refractivity contribution >= 4 is 11.8 Å². The Hall–Kier alpha value is -2.15. The summed E-state index contributed by atoms with van der Waals surface area (Å²) >= 11 is 0. The first kappa shape index (κ1) is 15.4. The Kier molecular flexibility index (Phi) is 4.34. The third kappa shape index (κ3) is 3.21. The number of nitrogens with zero attached hydrogens (tertiary/aromatic N) is 5. The summed E-state index contributed by atoms with van der Waals surface area (Å²) < 4.78 is 7.95. The zero-order chi connectivity index (χ0) is 16.4. The number of nitrogens with two attached hydrogens (primary N) is 1. The van der Waals surface area contributed by atoms with Gasteiger partial charge in [0.2, 0.25) is 5.95 Å². The van der Waals surface area contributed by atoms with E-state index >= 15 is 0 Å². The largest absolute Gasteiger partial charge is 0.374 e. The molecule has 0 amide bonds. The first-order valence-corrected chi connectivity index (χ1v) is 8.79. The van der Waals surface area contributed by atoms with E-state index < -0.39 is 0 Å². The number of fused-ring (bicyclic) bond motifs is 1. The molecule has 24 heavy (non-hydrogen) atoms. The average Bonchev–Trinajstić information content (AvgIpc) is 2.98. The predicted octanol–water partition coefficient (Wildman–Crippen LogP) is 1.43. The van der Waals surface area contributed by atoms with Crippen LogP contribution in [-0.2, 0) is 24.1 Å². The molecule has 1 saturated heterocycles. The monoisotopic (exact) mass is 328 g/mol. The molecule has 7 nitrogen and oxygen atoms in total. The van der Waals surface area contributed by atoms with Gasteiger partial charge in [-0.25, -0.2) is 4.98 Å². The van der Waals surface area contributed by atoms with Crippen molar-refractivity contribution in [2.24, 2.45) is 0 Å². The van der Waals surface area contributed by atoms with Crippen LogP contribution in [0.3, 0.4) is 0 Å². The maximum Gasteiger partial charge on any atom is 0.222 e. The molecule has 0 saturated carbocycles. The first-order valence-electron chi connectivity index (χ1n) is 8.79. The molecule has 1 aliphatic heterocycles. The van der Waals surface area contributed by atoms with Gasteiger partial charge in [0.25, 0.3) is 0 Å². The van der Waals surface area contributed by atoms with E-state index in [1.807, 2.05) is 16.9 Å². The minimum absolute atomic E-state index is 0.0998. The lowest BCUT2D eigenvalue weighted by Gasteiger charge is -2.29. The van der Waals surface area contributed by atoms with Gasteiger partial charge in [-0.05, 0) is 38.2 Å². The Morgan fingerprint density at radius 2 is 2.12 bits per heavy atom. The summed E-state index contributed by atoms with van der Waals surface area (Å²) in [5, 5.41) is 4.30. The van der Waals surface area contributed by atoms with E-state index in [1.54, 1.807) is 6.20 Å². The van der Waals surface area contributed by atoms with E-state index in [0.29, 0.717) is 5.95 Å². The summed E-state index contributed by atoms with van der Waals surface area (Å²) in [7, 11) is 0. The van der Waals surface area contributed by atoms with Gasteiger partial charge in [-0.1, -0.05) is 0 Å². The lowest BCUT2D eigenvalue weighted by molar-refractivity contribution is 0.0543. The molecule has 4 rings (SSSR count). The number of hydrogen-bond donors (Lipinski definition) is 1. The Morgan fingerprint density at radius 1 is 1.21 bits per heavy atom. The lowest BCUT2D eigenvalue weighted by Crippen LogP contribution is -2.36. The summed E-state index contributed by atoms with van der Waals surface area (Å²) in [5.74, 6) is 1.41. The van der Waals surface area contributed by atoms with Crippen molar-refractivity contribution < 1.29 is 4.74 Å². The number of aromatic nitrogens is 4. The van der Waals surface area contributed by atoms with Crippen LogP contribution in [-0.4, -0.2) is 45.5 Å². The molecular formula is C17H24N6O. The lowest BCUT2D eigenvalue weighted by atomic mass is 9.96. The highest BCUT2D eigenvalue weighted by Gasteiger charge is 2.25. The molecule has 2 aromatic rings. The molecule has 2 aromatic heterocycles. The van der Waals surface area contributed by atoms with Crippen molar-refractivity contribution in [1.29, 1.82) is 0 Å². The van der Waals surface area contributed by atoms with Crippen molar-refractivity contribution in [1.82, 2.24) is 19.7 Å². The second kappa shape index (κ2) is 6.76. The third-order valence-electron chi connectivity index (χ3n) is 4.78. The van der Waals surface area contributed by atoms with Crippen molar-refractivity contribution in [2.75, 3.05) is 30.3 Å². The molecule has 0 bridgehead atoms. The van der Waals surface area contributed by atoms with Crippen LogP contribution in [0.25, 0.3) is 0 Å². The third-order valence-corrected chi connectivity index (χ3v) is 4.78. The zero-order valence-corrected chi connectivity index (χ0v) is 13.9. The Morgan fingerprint density at radius 3 is 3.00 bits per heavy atom. The van der Waals surface area contributed by atoms with Gasteiger partial charge < -0.3 is 15.4 Å². The minimum atomic E-state index is 0.0998. The van der Waals surface area contributed by atoms with Crippen LogP contribution in [0.1, 0.15) is 30.5 Å². The number of rotatable bonds is 3. The van der Waals surface area contributed by atoms with E-state index in [-0.39, 0.29) is 6.10 Å². The van der Waals surface area contributed by atoms with Gasteiger partial charge in [-0.2, -0.15) is 10.1 Å². The van der Waals surface area contributed by atoms with Crippen LogP contribution in [0.4, 0.5) is 11.8 Å². The fourth-order valence-corrected chi connectivity index (χ4v) is 3.67. The molecule has 1 aliphatic carbocycles. The van der Waals surface area contributed by atoms with E-state index in [2.05, 4.69) is 20.0 Å². The molecule has 128 valence electrons. The smallest absolute Gasteiger partial charge is 0.222 e. The van der Waals surface area contributed by atoms with Gasteiger partial charge in [-0.3, -0.25) is 4.68 Å². The van der Waals surface area contributed by atoms with Crippen LogP contribution in [0.2, 0.25) is 0 Å².